The normalized spacial score (nSPS) is 15.8. The number of carbonyl (C=O) groups is 2. The predicted octanol–water partition coefficient (Wildman–Crippen LogP) is 5.56. The van der Waals surface area contributed by atoms with Gasteiger partial charge in [0.15, 0.2) is 0 Å². The fraction of sp³-hybridized carbons (Fsp3) is 0.231. The van der Waals surface area contributed by atoms with Gasteiger partial charge in [0.1, 0.15) is 17.0 Å². The number of ether oxygens (including phenoxy) is 1. The van der Waals surface area contributed by atoms with Crippen molar-refractivity contribution in [3.63, 3.8) is 0 Å². The number of fused-ring (bicyclic) bond motifs is 1. The third kappa shape index (κ3) is 4.98. The molecule has 1 saturated heterocycles. The Morgan fingerprint density at radius 3 is 2.82 bits per heavy atom. The number of thiophene rings is 1. The lowest BCUT2D eigenvalue weighted by molar-refractivity contribution is -0.111. The Kier molecular flexibility index (Phi) is 6.60. The first-order valence-corrected chi connectivity index (χ1v) is 12.0. The van der Waals surface area contributed by atoms with Crippen LogP contribution in [-0.2, 0) is 16.1 Å². The van der Waals surface area contributed by atoms with E-state index in [2.05, 4.69) is 5.32 Å². The lowest BCUT2D eigenvalue weighted by Crippen LogP contribution is -2.37. The summed E-state index contributed by atoms with van der Waals surface area (Å²) in [6.45, 7) is 1.37. The summed E-state index contributed by atoms with van der Waals surface area (Å²) in [6, 6.07) is 14.7. The quantitative estimate of drug-likeness (QED) is 0.337. The molecule has 0 bridgehead atoms. The molecule has 4 aromatic rings. The first-order chi connectivity index (χ1) is 16.7. The molecule has 1 N–H and O–H groups in total. The van der Waals surface area contributed by atoms with Gasteiger partial charge in [-0.25, -0.2) is 0 Å². The number of hydrogen-bond donors (Lipinski definition) is 1. The van der Waals surface area contributed by atoms with E-state index in [0.29, 0.717) is 35.6 Å². The largest absolute Gasteiger partial charge is 0.467 e. The molecule has 1 atom stereocenters. The highest BCUT2D eigenvalue weighted by Gasteiger charge is 2.29. The molecule has 7 nitrogen and oxygen atoms in total. The van der Waals surface area contributed by atoms with Gasteiger partial charge in [-0.15, -0.1) is 11.3 Å². The van der Waals surface area contributed by atoms with Gasteiger partial charge in [-0.3, -0.25) is 9.59 Å². The Bertz CT molecular complexity index is 1280. The van der Waals surface area contributed by atoms with Gasteiger partial charge in [0.2, 0.25) is 11.7 Å². The number of para-hydroxylation sites is 1. The number of hydrogen-bond acceptors (Lipinski definition) is 6. The van der Waals surface area contributed by atoms with Crippen molar-refractivity contribution in [2.24, 2.45) is 0 Å². The molecule has 5 rings (SSSR count). The highest BCUT2D eigenvalue weighted by Crippen LogP contribution is 2.32. The molecule has 1 fully saturated rings. The van der Waals surface area contributed by atoms with E-state index in [0.717, 1.165) is 17.7 Å². The Labute approximate surface area is 200 Å². The van der Waals surface area contributed by atoms with Crippen LogP contribution in [0.2, 0.25) is 0 Å². The van der Waals surface area contributed by atoms with E-state index in [-0.39, 0.29) is 30.2 Å². The number of furan rings is 2. The van der Waals surface area contributed by atoms with Gasteiger partial charge >= 0.3 is 0 Å². The van der Waals surface area contributed by atoms with Crippen molar-refractivity contribution >= 4 is 45.9 Å². The molecule has 4 heterocycles. The van der Waals surface area contributed by atoms with Gasteiger partial charge in [-0.1, -0.05) is 18.2 Å². The van der Waals surface area contributed by atoms with Crippen molar-refractivity contribution < 1.29 is 23.2 Å². The molecule has 1 aromatic carbocycles. The zero-order chi connectivity index (χ0) is 23.3. The number of rotatable bonds is 8. The van der Waals surface area contributed by atoms with Crippen molar-refractivity contribution in [2.75, 3.05) is 18.5 Å². The summed E-state index contributed by atoms with van der Waals surface area (Å²) in [5.41, 5.74) is 0.886. The predicted molar refractivity (Wildman–Crippen MR) is 131 cm³/mol. The van der Waals surface area contributed by atoms with Crippen LogP contribution in [0, 0.1) is 0 Å². The van der Waals surface area contributed by atoms with Crippen LogP contribution in [0.25, 0.3) is 17.0 Å². The van der Waals surface area contributed by atoms with Crippen LogP contribution in [0.3, 0.4) is 0 Å². The molecule has 0 aliphatic carbocycles. The smallest absolute Gasteiger partial charge is 0.292 e. The van der Waals surface area contributed by atoms with Crippen molar-refractivity contribution in [3.8, 4) is 0 Å². The topological polar surface area (TPSA) is 84.9 Å². The number of carbonyl (C=O) groups excluding carboxylic acids is 2. The van der Waals surface area contributed by atoms with E-state index in [1.54, 1.807) is 29.4 Å². The van der Waals surface area contributed by atoms with Crippen LogP contribution in [0.5, 0.6) is 0 Å². The summed E-state index contributed by atoms with van der Waals surface area (Å²) in [6.07, 6.45) is 6.58. The average molecular weight is 477 g/mol. The molecule has 174 valence electrons. The van der Waals surface area contributed by atoms with Gasteiger partial charge < -0.3 is 23.8 Å². The van der Waals surface area contributed by atoms with Gasteiger partial charge in [-0.2, -0.15) is 0 Å². The number of anilines is 1. The molecule has 2 amide bonds. The van der Waals surface area contributed by atoms with Crippen LogP contribution >= 0.6 is 11.3 Å². The first-order valence-electron chi connectivity index (χ1n) is 11.1. The summed E-state index contributed by atoms with van der Waals surface area (Å²) in [5, 5.41) is 5.48. The maximum Gasteiger partial charge on any atom is 0.292 e. The fourth-order valence-electron chi connectivity index (χ4n) is 4.02. The molecular formula is C26H24N2O5S. The second kappa shape index (κ2) is 10.1. The van der Waals surface area contributed by atoms with E-state index in [9.17, 15) is 9.59 Å². The summed E-state index contributed by atoms with van der Waals surface area (Å²) in [5.74, 6) is 0.0712. The summed E-state index contributed by atoms with van der Waals surface area (Å²) in [7, 11) is 0. The number of amides is 2. The number of benzene rings is 1. The Hall–Kier alpha value is -3.62. The Morgan fingerprint density at radius 2 is 2.06 bits per heavy atom. The van der Waals surface area contributed by atoms with E-state index in [4.69, 9.17) is 13.6 Å². The van der Waals surface area contributed by atoms with Crippen LogP contribution in [0.15, 0.2) is 75.1 Å². The minimum atomic E-state index is -0.342. The SMILES string of the molecule is O=C(/C=C/c1cccs1)Nc1c(C(=O)N(Cc2ccco2)CC2CCCO2)oc2ccccc12. The number of nitrogens with one attached hydrogen (secondary N) is 1. The fourth-order valence-corrected chi connectivity index (χ4v) is 4.63. The average Bonchev–Trinajstić information content (AvgIpc) is 3.66. The zero-order valence-corrected chi connectivity index (χ0v) is 19.3. The minimum absolute atomic E-state index is 0.0462. The van der Waals surface area contributed by atoms with Gasteiger partial charge in [0.05, 0.1) is 18.9 Å². The molecule has 0 radical (unpaired) electrons. The molecule has 1 aliphatic heterocycles. The zero-order valence-electron chi connectivity index (χ0n) is 18.4. The Morgan fingerprint density at radius 1 is 1.15 bits per heavy atom. The monoisotopic (exact) mass is 476 g/mol. The molecule has 0 spiro atoms. The van der Waals surface area contributed by atoms with Crippen molar-refractivity contribution in [1.29, 1.82) is 0 Å². The highest BCUT2D eigenvalue weighted by molar-refractivity contribution is 7.10. The van der Waals surface area contributed by atoms with Crippen molar-refractivity contribution in [3.05, 3.63) is 82.6 Å². The van der Waals surface area contributed by atoms with Crippen LogP contribution in [-0.4, -0.2) is 36.0 Å². The second-order valence-corrected chi connectivity index (χ2v) is 9.02. The molecule has 0 saturated carbocycles. The molecule has 3 aromatic heterocycles. The Balaban J connectivity index is 1.45. The summed E-state index contributed by atoms with van der Waals surface area (Å²) >= 11 is 1.54. The van der Waals surface area contributed by atoms with Crippen LogP contribution < -0.4 is 5.32 Å². The lowest BCUT2D eigenvalue weighted by Gasteiger charge is -2.24. The second-order valence-electron chi connectivity index (χ2n) is 8.04. The number of nitrogens with zero attached hydrogens (tertiary/aromatic N) is 1. The third-order valence-corrected chi connectivity index (χ3v) is 6.48. The molecule has 34 heavy (non-hydrogen) atoms. The van der Waals surface area contributed by atoms with E-state index >= 15 is 0 Å². The maximum absolute atomic E-state index is 13.7. The van der Waals surface area contributed by atoms with Crippen LogP contribution in [0.4, 0.5) is 5.69 Å². The molecular weight excluding hydrogens is 452 g/mol. The van der Waals surface area contributed by atoms with E-state index in [1.807, 2.05) is 41.8 Å². The highest BCUT2D eigenvalue weighted by atomic mass is 32.1. The van der Waals surface area contributed by atoms with Gasteiger partial charge in [-0.05, 0) is 54.6 Å². The van der Waals surface area contributed by atoms with E-state index in [1.165, 1.54) is 17.4 Å². The first kappa shape index (κ1) is 22.2. The molecule has 1 unspecified atom stereocenters. The standard InChI is InChI=1S/C26H24N2O5S/c29-23(12-11-20-8-5-15-34-20)27-24-21-9-1-2-10-22(21)33-25(24)26(30)28(16-18-6-3-13-31-18)17-19-7-4-14-32-19/h1-3,5-6,8-13,15,19H,4,7,14,16-17H2,(H,27,29)/b12-11+. The third-order valence-electron chi connectivity index (χ3n) is 5.64. The van der Waals surface area contributed by atoms with Crippen molar-refractivity contribution in [1.82, 2.24) is 4.90 Å². The molecule has 1 aliphatic rings. The van der Waals surface area contributed by atoms with Crippen molar-refractivity contribution in [2.45, 2.75) is 25.5 Å². The summed E-state index contributed by atoms with van der Waals surface area (Å²) in [4.78, 5) is 29.1. The minimum Gasteiger partial charge on any atom is -0.467 e. The lowest BCUT2D eigenvalue weighted by atomic mass is 10.2. The van der Waals surface area contributed by atoms with E-state index < -0.39 is 0 Å². The maximum atomic E-state index is 13.7. The van der Waals surface area contributed by atoms with Crippen LogP contribution in [0.1, 0.15) is 34.0 Å². The van der Waals surface area contributed by atoms with Gasteiger partial charge in [0.25, 0.3) is 5.91 Å². The molecule has 8 heteroatoms. The van der Waals surface area contributed by atoms with Gasteiger partial charge in [0, 0.05) is 29.5 Å². The summed E-state index contributed by atoms with van der Waals surface area (Å²) < 4.78 is 17.2.